The molecule has 0 aliphatic heterocycles. The van der Waals surface area contributed by atoms with Gasteiger partial charge in [0, 0.05) is 19.3 Å². The Kier molecular flexibility index (Phi) is 3.86. The summed E-state index contributed by atoms with van der Waals surface area (Å²) in [6.07, 6.45) is 5.48. The highest BCUT2D eigenvalue weighted by atomic mass is 79.9. The monoisotopic (exact) mass is 298 g/mol. The largest absolute Gasteiger partial charge is 0.368 e. The maximum atomic E-state index is 4.46. The molecular formula is C12H19BrN4. The summed E-state index contributed by atoms with van der Waals surface area (Å²) in [5.74, 6) is 1.57. The third-order valence-corrected chi connectivity index (χ3v) is 3.64. The fourth-order valence-electron chi connectivity index (χ4n) is 1.50. The van der Waals surface area contributed by atoms with Gasteiger partial charge in [0.1, 0.15) is 5.82 Å². The summed E-state index contributed by atoms with van der Waals surface area (Å²) in [6.45, 7) is 6.30. The molecule has 1 heterocycles. The van der Waals surface area contributed by atoms with Crippen molar-refractivity contribution < 1.29 is 0 Å². The Morgan fingerprint density at radius 2 is 2.18 bits per heavy atom. The van der Waals surface area contributed by atoms with Crippen LogP contribution >= 0.6 is 15.9 Å². The second-order valence-corrected chi connectivity index (χ2v) is 5.84. The predicted octanol–water partition coefficient (Wildman–Crippen LogP) is 3.27. The summed E-state index contributed by atoms with van der Waals surface area (Å²) in [5.41, 5.74) is 0.474. The molecule has 5 heteroatoms. The van der Waals surface area contributed by atoms with Crippen LogP contribution in [0.15, 0.2) is 10.7 Å². The molecule has 94 valence electrons. The van der Waals surface area contributed by atoms with Gasteiger partial charge in [-0.2, -0.15) is 4.98 Å². The van der Waals surface area contributed by atoms with Crippen LogP contribution in [0.25, 0.3) is 0 Å². The summed E-state index contributed by atoms with van der Waals surface area (Å²) in [6, 6.07) is 0. The predicted molar refractivity (Wildman–Crippen MR) is 74.3 cm³/mol. The van der Waals surface area contributed by atoms with Gasteiger partial charge in [-0.1, -0.05) is 13.8 Å². The van der Waals surface area contributed by atoms with Crippen molar-refractivity contribution in [2.75, 3.05) is 23.7 Å². The molecule has 0 saturated heterocycles. The van der Waals surface area contributed by atoms with E-state index < -0.39 is 0 Å². The lowest BCUT2D eigenvalue weighted by Crippen LogP contribution is -2.14. The minimum atomic E-state index is 0.474. The van der Waals surface area contributed by atoms with Crippen molar-refractivity contribution in [1.82, 2.24) is 9.97 Å². The molecule has 17 heavy (non-hydrogen) atoms. The number of hydrogen-bond acceptors (Lipinski definition) is 4. The molecule has 1 aromatic heterocycles. The maximum absolute atomic E-state index is 4.46. The highest BCUT2D eigenvalue weighted by molar-refractivity contribution is 9.10. The van der Waals surface area contributed by atoms with E-state index in [1.54, 1.807) is 6.20 Å². The number of anilines is 2. The van der Waals surface area contributed by atoms with Crippen LogP contribution in [0.1, 0.15) is 33.1 Å². The molecule has 0 unspecified atom stereocenters. The molecule has 0 amide bonds. The van der Waals surface area contributed by atoms with Crippen LogP contribution < -0.4 is 10.6 Å². The van der Waals surface area contributed by atoms with Gasteiger partial charge < -0.3 is 10.6 Å². The second kappa shape index (κ2) is 5.21. The number of hydrogen-bond donors (Lipinski definition) is 2. The molecular weight excluding hydrogens is 280 g/mol. The quantitative estimate of drug-likeness (QED) is 0.846. The van der Waals surface area contributed by atoms with Gasteiger partial charge in [-0.25, -0.2) is 4.98 Å². The number of rotatable bonds is 6. The molecule has 1 fully saturated rings. The fraction of sp³-hybridized carbons (Fsp3) is 0.667. The van der Waals surface area contributed by atoms with E-state index in [0.29, 0.717) is 11.4 Å². The Labute approximate surface area is 111 Å². The Hall–Kier alpha value is -0.840. The molecule has 0 spiro atoms. The minimum absolute atomic E-state index is 0.474. The first kappa shape index (κ1) is 12.6. The third kappa shape index (κ3) is 3.56. The van der Waals surface area contributed by atoms with E-state index in [1.807, 2.05) is 0 Å². The van der Waals surface area contributed by atoms with Gasteiger partial charge in [-0.05, 0) is 40.6 Å². The van der Waals surface area contributed by atoms with Gasteiger partial charge in [0.25, 0.3) is 0 Å². The Morgan fingerprint density at radius 1 is 1.41 bits per heavy atom. The van der Waals surface area contributed by atoms with Crippen molar-refractivity contribution in [1.29, 1.82) is 0 Å². The topological polar surface area (TPSA) is 49.8 Å². The van der Waals surface area contributed by atoms with Crippen molar-refractivity contribution in [2.24, 2.45) is 5.41 Å². The third-order valence-electron chi connectivity index (χ3n) is 3.06. The van der Waals surface area contributed by atoms with E-state index in [0.717, 1.165) is 29.8 Å². The van der Waals surface area contributed by atoms with Gasteiger partial charge in [0.05, 0.1) is 4.47 Å². The average Bonchev–Trinajstić information content (AvgIpc) is 3.05. The fourth-order valence-corrected chi connectivity index (χ4v) is 1.83. The number of nitrogens with one attached hydrogen (secondary N) is 2. The summed E-state index contributed by atoms with van der Waals surface area (Å²) < 4.78 is 0.920. The molecule has 0 radical (unpaired) electrons. The van der Waals surface area contributed by atoms with Crippen LogP contribution in [0.5, 0.6) is 0 Å². The number of aromatic nitrogens is 2. The van der Waals surface area contributed by atoms with Crippen molar-refractivity contribution in [3.63, 3.8) is 0 Å². The Morgan fingerprint density at radius 3 is 2.82 bits per heavy atom. The first-order valence-electron chi connectivity index (χ1n) is 6.13. The van der Waals surface area contributed by atoms with E-state index in [1.165, 1.54) is 12.8 Å². The molecule has 2 rings (SSSR count). The van der Waals surface area contributed by atoms with Crippen LogP contribution in [0.4, 0.5) is 11.8 Å². The molecule has 0 aromatic carbocycles. The summed E-state index contributed by atoms with van der Waals surface area (Å²) >= 11 is 3.47. The van der Waals surface area contributed by atoms with E-state index >= 15 is 0 Å². The van der Waals surface area contributed by atoms with Crippen LogP contribution in [0.3, 0.4) is 0 Å². The normalized spacial score (nSPS) is 16.6. The van der Waals surface area contributed by atoms with Gasteiger partial charge in [0.2, 0.25) is 5.95 Å². The van der Waals surface area contributed by atoms with Crippen molar-refractivity contribution in [2.45, 2.75) is 33.1 Å². The van der Waals surface area contributed by atoms with Crippen LogP contribution in [-0.4, -0.2) is 23.1 Å². The summed E-state index contributed by atoms with van der Waals surface area (Å²) in [5, 5.41) is 6.59. The Bertz CT molecular complexity index is 390. The second-order valence-electron chi connectivity index (χ2n) is 4.98. The standard InChI is InChI=1S/C12H19BrN4/c1-3-6-14-11-15-7-9(13)10(17-11)16-8-12(2)4-5-12/h7H,3-6,8H2,1-2H3,(H2,14,15,16,17). The molecule has 1 aromatic rings. The van der Waals surface area contributed by atoms with E-state index in [4.69, 9.17) is 0 Å². The summed E-state index contributed by atoms with van der Waals surface area (Å²) in [4.78, 5) is 8.69. The number of nitrogens with zero attached hydrogens (tertiary/aromatic N) is 2. The molecule has 0 atom stereocenters. The lowest BCUT2D eigenvalue weighted by Gasteiger charge is -2.13. The highest BCUT2D eigenvalue weighted by Gasteiger charge is 2.36. The molecule has 1 aliphatic rings. The zero-order valence-corrected chi connectivity index (χ0v) is 12.0. The minimum Gasteiger partial charge on any atom is -0.368 e. The number of halogens is 1. The molecule has 2 N–H and O–H groups in total. The smallest absolute Gasteiger partial charge is 0.224 e. The van der Waals surface area contributed by atoms with Gasteiger partial charge in [-0.3, -0.25) is 0 Å². The van der Waals surface area contributed by atoms with Crippen LogP contribution in [-0.2, 0) is 0 Å². The van der Waals surface area contributed by atoms with Crippen LogP contribution in [0.2, 0.25) is 0 Å². The lowest BCUT2D eigenvalue weighted by molar-refractivity contribution is 0.609. The highest BCUT2D eigenvalue weighted by Crippen LogP contribution is 2.44. The first-order valence-corrected chi connectivity index (χ1v) is 6.92. The average molecular weight is 299 g/mol. The van der Waals surface area contributed by atoms with Gasteiger partial charge in [0.15, 0.2) is 0 Å². The van der Waals surface area contributed by atoms with Crippen molar-refractivity contribution in [3.05, 3.63) is 10.7 Å². The van der Waals surface area contributed by atoms with E-state index in [9.17, 15) is 0 Å². The molecule has 4 nitrogen and oxygen atoms in total. The van der Waals surface area contributed by atoms with Gasteiger partial charge >= 0.3 is 0 Å². The van der Waals surface area contributed by atoms with Crippen molar-refractivity contribution >= 4 is 27.7 Å². The molecule has 1 saturated carbocycles. The van der Waals surface area contributed by atoms with Crippen LogP contribution in [0, 0.1) is 5.41 Å². The van der Waals surface area contributed by atoms with E-state index in [2.05, 4.69) is 50.4 Å². The van der Waals surface area contributed by atoms with Crippen molar-refractivity contribution in [3.8, 4) is 0 Å². The SMILES string of the molecule is CCCNc1ncc(Br)c(NCC2(C)CC2)n1. The molecule has 1 aliphatic carbocycles. The summed E-state index contributed by atoms with van der Waals surface area (Å²) in [7, 11) is 0. The Balaban J connectivity index is 1.98. The first-order chi connectivity index (χ1) is 8.13. The maximum Gasteiger partial charge on any atom is 0.224 e. The zero-order chi connectivity index (χ0) is 12.3. The lowest BCUT2D eigenvalue weighted by atomic mass is 10.1. The van der Waals surface area contributed by atoms with Gasteiger partial charge in [-0.15, -0.1) is 0 Å². The molecule has 0 bridgehead atoms. The van der Waals surface area contributed by atoms with E-state index in [-0.39, 0.29) is 0 Å². The zero-order valence-electron chi connectivity index (χ0n) is 10.4.